The van der Waals surface area contributed by atoms with Crippen LogP contribution in [-0.2, 0) is 6.54 Å². The van der Waals surface area contributed by atoms with Crippen LogP contribution in [0, 0.1) is 5.92 Å². The maximum absolute atomic E-state index is 12.3. The number of hydrogen-bond donors (Lipinski definition) is 0. The van der Waals surface area contributed by atoms with Gasteiger partial charge in [0.1, 0.15) is 0 Å². The summed E-state index contributed by atoms with van der Waals surface area (Å²) in [5.41, 5.74) is 0.718. The van der Waals surface area contributed by atoms with Crippen LogP contribution in [0.1, 0.15) is 31.1 Å². The number of thioether (sulfide) groups is 1. The molecule has 6 heteroatoms. The van der Waals surface area contributed by atoms with Gasteiger partial charge in [-0.1, -0.05) is 55.9 Å². The summed E-state index contributed by atoms with van der Waals surface area (Å²) in [4.78, 5) is 12.3. The van der Waals surface area contributed by atoms with E-state index in [9.17, 15) is 4.79 Å². The van der Waals surface area contributed by atoms with Crippen molar-refractivity contribution >= 4 is 17.5 Å². The standard InChI is InChI=1S/C14H18N4OS/c1-10(2)9-18-14(15-16-17-18)20-11(3)13(19)12-7-5-4-6-8-12/h4-8,10-11H,9H2,1-3H3. The third kappa shape index (κ3) is 3.66. The first-order chi connectivity index (χ1) is 9.58. The van der Waals surface area contributed by atoms with Crippen molar-refractivity contribution in [1.82, 2.24) is 20.2 Å². The van der Waals surface area contributed by atoms with E-state index in [-0.39, 0.29) is 11.0 Å². The quantitative estimate of drug-likeness (QED) is 0.604. The number of benzene rings is 1. The van der Waals surface area contributed by atoms with Crippen molar-refractivity contribution in [3.05, 3.63) is 35.9 Å². The summed E-state index contributed by atoms with van der Waals surface area (Å²) in [6, 6.07) is 9.30. The first-order valence-electron chi connectivity index (χ1n) is 6.60. The highest BCUT2D eigenvalue weighted by Gasteiger charge is 2.19. The largest absolute Gasteiger partial charge is 0.293 e. The van der Waals surface area contributed by atoms with Gasteiger partial charge < -0.3 is 0 Å². The second kappa shape index (κ2) is 6.65. The number of Topliss-reactive ketones (excluding diaryl/α,β-unsaturated/α-hetero) is 1. The summed E-state index contributed by atoms with van der Waals surface area (Å²) in [5.74, 6) is 0.549. The SMILES string of the molecule is CC(C)Cn1nnnc1SC(C)C(=O)c1ccccc1. The van der Waals surface area contributed by atoms with E-state index in [0.29, 0.717) is 11.1 Å². The lowest BCUT2D eigenvalue weighted by Gasteiger charge is -2.11. The zero-order valence-corrected chi connectivity index (χ0v) is 12.7. The highest BCUT2D eigenvalue weighted by atomic mass is 32.2. The number of aromatic nitrogens is 4. The van der Waals surface area contributed by atoms with Crippen LogP contribution in [0.15, 0.2) is 35.5 Å². The molecule has 20 heavy (non-hydrogen) atoms. The van der Waals surface area contributed by atoms with E-state index in [0.717, 1.165) is 12.1 Å². The lowest BCUT2D eigenvalue weighted by Crippen LogP contribution is -2.15. The molecule has 1 heterocycles. The van der Waals surface area contributed by atoms with Crippen LogP contribution in [0.3, 0.4) is 0 Å². The van der Waals surface area contributed by atoms with Crippen LogP contribution in [0.2, 0.25) is 0 Å². The van der Waals surface area contributed by atoms with Gasteiger partial charge in [-0.2, -0.15) is 0 Å². The molecule has 5 nitrogen and oxygen atoms in total. The molecule has 0 aliphatic rings. The topological polar surface area (TPSA) is 60.7 Å². The molecule has 1 aromatic carbocycles. The average Bonchev–Trinajstić information content (AvgIpc) is 2.85. The number of tetrazole rings is 1. The number of nitrogens with zero attached hydrogens (tertiary/aromatic N) is 4. The summed E-state index contributed by atoms with van der Waals surface area (Å²) < 4.78 is 1.75. The van der Waals surface area contributed by atoms with E-state index < -0.39 is 0 Å². The summed E-state index contributed by atoms with van der Waals surface area (Å²) in [5, 5.41) is 12.1. The number of rotatable bonds is 6. The highest BCUT2D eigenvalue weighted by molar-refractivity contribution is 8.00. The average molecular weight is 290 g/mol. The molecule has 2 aromatic rings. The number of ketones is 1. The van der Waals surface area contributed by atoms with Crippen molar-refractivity contribution in [1.29, 1.82) is 0 Å². The van der Waals surface area contributed by atoms with Crippen LogP contribution < -0.4 is 0 Å². The highest BCUT2D eigenvalue weighted by Crippen LogP contribution is 2.23. The molecule has 0 fully saturated rings. The number of hydrogen-bond acceptors (Lipinski definition) is 5. The smallest absolute Gasteiger partial charge is 0.210 e. The Morgan fingerprint density at radius 2 is 1.95 bits per heavy atom. The zero-order valence-electron chi connectivity index (χ0n) is 11.9. The molecule has 2 rings (SSSR count). The minimum absolute atomic E-state index is 0.0923. The van der Waals surface area contributed by atoms with Crippen LogP contribution in [0.5, 0.6) is 0 Å². The van der Waals surface area contributed by atoms with Crippen molar-refractivity contribution < 1.29 is 4.79 Å². The predicted octanol–water partition coefficient (Wildman–Crippen LogP) is 2.69. The van der Waals surface area contributed by atoms with Crippen LogP contribution >= 0.6 is 11.8 Å². The molecule has 0 radical (unpaired) electrons. The van der Waals surface area contributed by atoms with Crippen LogP contribution in [0.25, 0.3) is 0 Å². The lowest BCUT2D eigenvalue weighted by molar-refractivity contribution is 0.0994. The van der Waals surface area contributed by atoms with Crippen molar-refractivity contribution in [2.24, 2.45) is 5.92 Å². The van der Waals surface area contributed by atoms with Gasteiger partial charge in [0, 0.05) is 12.1 Å². The van der Waals surface area contributed by atoms with Crippen molar-refractivity contribution in [3.8, 4) is 0 Å². The molecule has 0 aliphatic carbocycles. The second-order valence-electron chi connectivity index (χ2n) is 5.03. The lowest BCUT2D eigenvalue weighted by atomic mass is 10.1. The molecule has 0 N–H and O–H groups in total. The Kier molecular flexibility index (Phi) is 4.89. The Hall–Kier alpha value is -1.69. The van der Waals surface area contributed by atoms with Gasteiger partial charge in [-0.15, -0.1) is 5.10 Å². The monoisotopic (exact) mass is 290 g/mol. The Balaban J connectivity index is 2.06. The van der Waals surface area contributed by atoms with Gasteiger partial charge in [-0.25, -0.2) is 4.68 Å². The van der Waals surface area contributed by atoms with Gasteiger partial charge in [-0.05, 0) is 23.3 Å². The van der Waals surface area contributed by atoms with Crippen LogP contribution in [-0.4, -0.2) is 31.2 Å². The van der Waals surface area contributed by atoms with Crippen LogP contribution in [0.4, 0.5) is 0 Å². The molecule has 0 saturated carbocycles. The zero-order chi connectivity index (χ0) is 14.5. The van der Waals surface area contributed by atoms with Gasteiger partial charge >= 0.3 is 0 Å². The van der Waals surface area contributed by atoms with E-state index >= 15 is 0 Å². The van der Waals surface area contributed by atoms with E-state index in [2.05, 4.69) is 29.4 Å². The summed E-state index contributed by atoms with van der Waals surface area (Å²) in [6.07, 6.45) is 0. The maximum Gasteiger partial charge on any atom is 0.210 e. The van der Waals surface area contributed by atoms with E-state index in [1.54, 1.807) is 4.68 Å². The van der Waals surface area contributed by atoms with Gasteiger partial charge in [0.2, 0.25) is 5.16 Å². The molecular weight excluding hydrogens is 272 g/mol. The minimum atomic E-state index is -0.214. The van der Waals surface area contributed by atoms with Gasteiger partial charge in [0.25, 0.3) is 0 Å². The molecule has 1 atom stereocenters. The summed E-state index contributed by atoms with van der Waals surface area (Å²) >= 11 is 1.40. The van der Waals surface area contributed by atoms with Gasteiger partial charge in [0.15, 0.2) is 5.78 Å². The fourth-order valence-corrected chi connectivity index (χ4v) is 2.67. The molecule has 0 aliphatic heterocycles. The molecule has 0 spiro atoms. The Labute approximate surface area is 122 Å². The first kappa shape index (κ1) is 14.7. The maximum atomic E-state index is 12.3. The molecular formula is C14H18N4OS. The fraction of sp³-hybridized carbons (Fsp3) is 0.429. The Morgan fingerprint density at radius 3 is 2.60 bits per heavy atom. The Bertz CT molecular complexity index is 568. The van der Waals surface area contributed by atoms with Gasteiger partial charge in [-0.3, -0.25) is 4.79 Å². The molecule has 106 valence electrons. The van der Waals surface area contributed by atoms with E-state index in [4.69, 9.17) is 0 Å². The third-order valence-electron chi connectivity index (χ3n) is 2.75. The van der Waals surface area contributed by atoms with E-state index in [1.165, 1.54) is 11.8 Å². The minimum Gasteiger partial charge on any atom is -0.293 e. The first-order valence-corrected chi connectivity index (χ1v) is 7.48. The second-order valence-corrected chi connectivity index (χ2v) is 6.34. The van der Waals surface area contributed by atoms with Crippen molar-refractivity contribution in [2.75, 3.05) is 0 Å². The Morgan fingerprint density at radius 1 is 1.25 bits per heavy atom. The summed E-state index contributed by atoms with van der Waals surface area (Å²) in [7, 11) is 0. The summed E-state index contributed by atoms with van der Waals surface area (Å²) in [6.45, 7) is 6.85. The molecule has 1 unspecified atom stereocenters. The van der Waals surface area contributed by atoms with Crippen molar-refractivity contribution in [3.63, 3.8) is 0 Å². The molecule has 1 aromatic heterocycles. The molecule has 0 bridgehead atoms. The fourth-order valence-electron chi connectivity index (χ4n) is 1.79. The predicted molar refractivity (Wildman–Crippen MR) is 78.7 cm³/mol. The molecule has 0 amide bonds. The molecule has 0 saturated heterocycles. The van der Waals surface area contributed by atoms with Gasteiger partial charge in [0.05, 0.1) is 5.25 Å². The number of carbonyl (C=O) groups is 1. The van der Waals surface area contributed by atoms with E-state index in [1.807, 2.05) is 37.3 Å². The van der Waals surface area contributed by atoms with Crippen molar-refractivity contribution in [2.45, 2.75) is 37.7 Å². The normalized spacial score (nSPS) is 12.6. The third-order valence-corrected chi connectivity index (χ3v) is 3.82. The number of carbonyl (C=O) groups excluding carboxylic acids is 1.